The number of hydrogen-bond acceptors (Lipinski definition) is 5. The van der Waals surface area contributed by atoms with Gasteiger partial charge in [-0.25, -0.2) is 0 Å². The molecule has 140 valence electrons. The van der Waals surface area contributed by atoms with Crippen LogP contribution in [0.25, 0.3) is 11.3 Å². The number of benzene rings is 2. The van der Waals surface area contributed by atoms with Crippen LogP contribution in [0.2, 0.25) is 0 Å². The minimum atomic E-state index is -0.112. The first-order valence-electron chi connectivity index (χ1n) is 8.63. The van der Waals surface area contributed by atoms with Crippen LogP contribution in [-0.4, -0.2) is 25.3 Å². The van der Waals surface area contributed by atoms with Crippen LogP contribution in [0.3, 0.4) is 0 Å². The maximum absolute atomic E-state index is 12.3. The summed E-state index contributed by atoms with van der Waals surface area (Å²) in [6.07, 6.45) is 0.147. The lowest BCUT2D eigenvalue weighted by molar-refractivity contribution is -0.121. The molecular formula is C21H22N2O4. The molecule has 1 amide bonds. The van der Waals surface area contributed by atoms with Crippen LogP contribution in [0.15, 0.2) is 59.1 Å². The van der Waals surface area contributed by atoms with Crippen LogP contribution < -0.4 is 14.8 Å². The molecule has 1 aromatic heterocycles. The first-order chi connectivity index (χ1) is 13.1. The molecule has 6 heteroatoms. The molecule has 1 heterocycles. The van der Waals surface area contributed by atoms with Gasteiger partial charge in [0.25, 0.3) is 0 Å². The van der Waals surface area contributed by atoms with Crippen LogP contribution in [0.5, 0.6) is 11.5 Å². The van der Waals surface area contributed by atoms with Crippen molar-refractivity contribution < 1.29 is 18.8 Å². The van der Waals surface area contributed by atoms with E-state index in [9.17, 15) is 4.79 Å². The monoisotopic (exact) mass is 366 g/mol. The van der Waals surface area contributed by atoms with Crippen LogP contribution in [0, 0.1) is 0 Å². The van der Waals surface area contributed by atoms with E-state index in [1.54, 1.807) is 32.4 Å². The summed E-state index contributed by atoms with van der Waals surface area (Å²) in [4.78, 5) is 12.3. The van der Waals surface area contributed by atoms with E-state index in [0.717, 1.165) is 11.1 Å². The first kappa shape index (κ1) is 18.5. The molecule has 0 aliphatic heterocycles. The molecule has 0 saturated carbocycles. The highest BCUT2D eigenvalue weighted by Crippen LogP contribution is 2.32. The van der Waals surface area contributed by atoms with Crippen molar-refractivity contribution in [2.45, 2.75) is 19.4 Å². The largest absolute Gasteiger partial charge is 0.493 e. The molecule has 1 unspecified atom stereocenters. The number of rotatable bonds is 7. The van der Waals surface area contributed by atoms with E-state index in [1.165, 1.54) is 0 Å². The second kappa shape index (κ2) is 8.40. The molecule has 0 aliphatic carbocycles. The van der Waals surface area contributed by atoms with E-state index in [0.29, 0.717) is 23.0 Å². The molecule has 0 bridgehead atoms. The van der Waals surface area contributed by atoms with Crippen LogP contribution in [0.1, 0.15) is 24.2 Å². The summed E-state index contributed by atoms with van der Waals surface area (Å²) in [5.41, 5.74) is 2.42. The average molecular weight is 366 g/mol. The van der Waals surface area contributed by atoms with Gasteiger partial charge in [0.1, 0.15) is 0 Å². The molecule has 2 aromatic carbocycles. The average Bonchev–Trinajstić information content (AvgIpc) is 3.16. The van der Waals surface area contributed by atoms with Crippen molar-refractivity contribution in [3.05, 3.63) is 65.9 Å². The number of aromatic nitrogens is 1. The molecule has 6 nitrogen and oxygen atoms in total. The van der Waals surface area contributed by atoms with E-state index in [-0.39, 0.29) is 18.4 Å². The molecule has 0 saturated heterocycles. The van der Waals surface area contributed by atoms with E-state index in [1.807, 2.05) is 43.3 Å². The van der Waals surface area contributed by atoms with Gasteiger partial charge in [0.15, 0.2) is 17.3 Å². The normalized spacial score (nSPS) is 11.7. The second-order valence-electron chi connectivity index (χ2n) is 6.13. The fourth-order valence-corrected chi connectivity index (χ4v) is 2.80. The summed E-state index contributed by atoms with van der Waals surface area (Å²) in [5, 5.41) is 6.97. The van der Waals surface area contributed by atoms with Gasteiger partial charge in [-0.15, -0.1) is 0 Å². The lowest BCUT2D eigenvalue weighted by Crippen LogP contribution is -2.28. The molecule has 0 radical (unpaired) electrons. The van der Waals surface area contributed by atoms with Gasteiger partial charge in [-0.05, 0) is 30.7 Å². The Hall–Kier alpha value is -3.28. The fourth-order valence-electron chi connectivity index (χ4n) is 2.80. The zero-order valence-electron chi connectivity index (χ0n) is 15.6. The van der Waals surface area contributed by atoms with Crippen molar-refractivity contribution in [2.24, 2.45) is 0 Å². The minimum Gasteiger partial charge on any atom is -0.493 e. The third-order valence-corrected chi connectivity index (χ3v) is 4.25. The van der Waals surface area contributed by atoms with Gasteiger partial charge in [0.05, 0.1) is 32.4 Å². The SMILES string of the molecule is COc1ccc(-c2cc(CC(=O)NC(C)c3ccccc3)no2)cc1OC. The van der Waals surface area contributed by atoms with Gasteiger partial charge in [-0.2, -0.15) is 0 Å². The summed E-state index contributed by atoms with van der Waals surface area (Å²) in [6.45, 7) is 1.95. The van der Waals surface area contributed by atoms with Crippen LogP contribution in [0.4, 0.5) is 0 Å². The zero-order chi connectivity index (χ0) is 19.2. The summed E-state index contributed by atoms with van der Waals surface area (Å²) in [5.74, 6) is 1.69. The van der Waals surface area contributed by atoms with Gasteiger partial charge >= 0.3 is 0 Å². The summed E-state index contributed by atoms with van der Waals surface area (Å²) < 4.78 is 15.9. The molecule has 1 atom stereocenters. The Morgan fingerprint density at radius 1 is 1.07 bits per heavy atom. The maximum Gasteiger partial charge on any atom is 0.226 e. The number of hydrogen-bond donors (Lipinski definition) is 1. The summed E-state index contributed by atoms with van der Waals surface area (Å²) in [7, 11) is 3.16. The second-order valence-corrected chi connectivity index (χ2v) is 6.13. The van der Waals surface area contributed by atoms with Gasteiger partial charge in [-0.1, -0.05) is 35.5 Å². The van der Waals surface area contributed by atoms with Gasteiger partial charge < -0.3 is 19.3 Å². The first-order valence-corrected chi connectivity index (χ1v) is 8.63. The van der Waals surface area contributed by atoms with Crippen molar-refractivity contribution in [1.82, 2.24) is 10.5 Å². The predicted octanol–water partition coefficient (Wildman–Crippen LogP) is 3.78. The Kier molecular flexibility index (Phi) is 5.76. The quantitative estimate of drug-likeness (QED) is 0.689. The number of amides is 1. The Balaban J connectivity index is 1.66. The van der Waals surface area contributed by atoms with E-state index < -0.39 is 0 Å². The number of methoxy groups -OCH3 is 2. The summed E-state index contributed by atoms with van der Waals surface area (Å²) >= 11 is 0. The molecule has 27 heavy (non-hydrogen) atoms. The molecule has 0 spiro atoms. The van der Waals surface area contributed by atoms with Gasteiger partial charge in [0, 0.05) is 11.6 Å². The molecule has 1 N–H and O–H groups in total. The van der Waals surface area contributed by atoms with Crippen molar-refractivity contribution in [3.8, 4) is 22.8 Å². The van der Waals surface area contributed by atoms with Crippen molar-refractivity contribution in [3.63, 3.8) is 0 Å². The third-order valence-electron chi connectivity index (χ3n) is 4.25. The molecule has 0 fully saturated rings. The Morgan fingerprint density at radius 2 is 1.81 bits per heavy atom. The van der Waals surface area contributed by atoms with Crippen LogP contribution in [-0.2, 0) is 11.2 Å². The number of nitrogens with one attached hydrogen (secondary N) is 1. The lowest BCUT2D eigenvalue weighted by Gasteiger charge is -2.13. The topological polar surface area (TPSA) is 73.6 Å². The predicted molar refractivity (Wildman–Crippen MR) is 102 cm³/mol. The van der Waals surface area contributed by atoms with Gasteiger partial charge in [-0.3, -0.25) is 4.79 Å². The third kappa shape index (κ3) is 4.47. The standard InChI is InChI=1S/C21H22N2O4/c1-14(15-7-5-4-6-8-15)22-21(24)13-17-12-19(27-23-17)16-9-10-18(25-2)20(11-16)26-3/h4-12,14H,13H2,1-3H3,(H,22,24). The highest BCUT2D eigenvalue weighted by atomic mass is 16.5. The zero-order valence-corrected chi connectivity index (χ0v) is 15.6. The van der Waals surface area contributed by atoms with Crippen LogP contribution >= 0.6 is 0 Å². The number of carbonyl (C=O) groups excluding carboxylic acids is 1. The Labute approximate surface area is 158 Å². The fraction of sp³-hybridized carbons (Fsp3) is 0.238. The number of carbonyl (C=O) groups is 1. The molecule has 0 aliphatic rings. The Bertz CT molecular complexity index is 906. The van der Waals surface area contributed by atoms with E-state index >= 15 is 0 Å². The van der Waals surface area contributed by atoms with Crippen molar-refractivity contribution in [2.75, 3.05) is 14.2 Å². The van der Waals surface area contributed by atoms with Crippen molar-refractivity contribution in [1.29, 1.82) is 0 Å². The molecule has 3 aromatic rings. The van der Waals surface area contributed by atoms with E-state index in [2.05, 4.69) is 10.5 Å². The Morgan fingerprint density at radius 3 is 2.52 bits per heavy atom. The minimum absolute atomic E-state index is 0.0732. The van der Waals surface area contributed by atoms with Crippen molar-refractivity contribution >= 4 is 5.91 Å². The number of ether oxygens (including phenoxy) is 2. The van der Waals surface area contributed by atoms with Gasteiger partial charge in [0.2, 0.25) is 5.91 Å². The smallest absolute Gasteiger partial charge is 0.226 e. The highest BCUT2D eigenvalue weighted by molar-refractivity contribution is 5.79. The lowest BCUT2D eigenvalue weighted by atomic mass is 10.1. The maximum atomic E-state index is 12.3. The molecular weight excluding hydrogens is 344 g/mol. The summed E-state index contributed by atoms with van der Waals surface area (Å²) in [6, 6.07) is 16.9. The van der Waals surface area contributed by atoms with E-state index in [4.69, 9.17) is 14.0 Å². The highest BCUT2D eigenvalue weighted by Gasteiger charge is 2.15. The molecule has 3 rings (SSSR count). The number of nitrogens with zero attached hydrogens (tertiary/aromatic N) is 1.